The molecule has 1 aromatic carbocycles. The number of amidine groups is 1. The molecule has 1 aromatic rings. The van der Waals surface area contributed by atoms with Crippen LogP contribution in [0.4, 0.5) is 0 Å². The standard InChI is InChI=1S/C8H7N3O2S/c9-8(10)7-5-3-1-2-4-6(5)14(12,13)11-7/h1-4H,(H3,9,10). The fourth-order valence-electron chi connectivity index (χ4n) is 1.30. The van der Waals surface area contributed by atoms with Gasteiger partial charge in [0.05, 0.1) is 4.90 Å². The summed E-state index contributed by atoms with van der Waals surface area (Å²) in [6, 6.07) is 6.32. The monoisotopic (exact) mass is 209 g/mol. The van der Waals surface area contributed by atoms with Crippen LogP contribution in [0, 0.1) is 5.41 Å². The summed E-state index contributed by atoms with van der Waals surface area (Å²) in [6.07, 6.45) is 0. The maximum absolute atomic E-state index is 11.4. The Hall–Kier alpha value is -1.69. The van der Waals surface area contributed by atoms with Crippen molar-refractivity contribution < 1.29 is 8.42 Å². The lowest BCUT2D eigenvalue weighted by Crippen LogP contribution is -2.21. The summed E-state index contributed by atoms with van der Waals surface area (Å²) < 4.78 is 26.3. The number of sulfonamides is 1. The van der Waals surface area contributed by atoms with Crippen LogP contribution in [0.2, 0.25) is 0 Å². The van der Waals surface area contributed by atoms with Crippen molar-refractivity contribution in [2.45, 2.75) is 4.90 Å². The normalized spacial score (nSPS) is 17.3. The van der Waals surface area contributed by atoms with Crippen molar-refractivity contribution in [1.82, 2.24) is 0 Å². The first-order chi connectivity index (χ1) is 6.52. The summed E-state index contributed by atoms with van der Waals surface area (Å²) in [5, 5.41) is 7.18. The van der Waals surface area contributed by atoms with E-state index in [2.05, 4.69) is 4.40 Å². The highest BCUT2D eigenvalue weighted by molar-refractivity contribution is 7.90. The molecule has 2 rings (SSSR count). The average molecular weight is 209 g/mol. The molecule has 0 unspecified atom stereocenters. The van der Waals surface area contributed by atoms with E-state index >= 15 is 0 Å². The largest absolute Gasteiger partial charge is 0.382 e. The van der Waals surface area contributed by atoms with Crippen molar-refractivity contribution in [3.8, 4) is 0 Å². The van der Waals surface area contributed by atoms with Crippen LogP contribution in [0.5, 0.6) is 0 Å². The van der Waals surface area contributed by atoms with Gasteiger partial charge in [0, 0.05) is 5.56 Å². The van der Waals surface area contributed by atoms with E-state index in [0.29, 0.717) is 5.56 Å². The fourth-order valence-corrected chi connectivity index (χ4v) is 2.53. The highest BCUT2D eigenvalue weighted by atomic mass is 32.2. The van der Waals surface area contributed by atoms with E-state index in [-0.39, 0.29) is 16.4 Å². The van der Waals surface area contributed by atoms with Crippen molar-refractivity contribution in [2.24, 2.45) is 10.1 Å². The van der Waals surface area contributed by atoms with Gasteiger partial charge in [-0.2, -0.15) is 12.8 Å². The van der Waals surface area contributed by atoms with Crippen LogP contribution in [0.15, 0.2) is 33.6 Å². The molecule has 14 heavy (non-hydrogen) atoms. The molecule has 0 saturated carbocycles. The van der Waals surface area contributed by atoms with Gasteiger partial charge in [-0.1, -0.05) is 18.2 Å². The zero-order chi connectivity index (χ0) is 10.3. The van der Waals surface area contributed by atoms with Crippen LogP contribution in [-0.2, 0) is 10.0 Å². The Morgan fingerprint density at radius 2 is 2.00 bits per heavy atom. The Bertz CT molecular complexity index is 545. The Labute approximate surface area is 80.8 Å². The lowest BCUT2D eigenvalue weighted by atomic mass is 10.1. The maximum Gasteiger partial charge on any atom is 0.283 e. The molecule has 1 aliphatic rings. The van der Waals surface area contributed by atoms with Gasteiger partial charge in [-0.25, -0.2) is 0 Å². The number of rotatable bonds is 1. The molecule has 0 bridgehead atoms. The van der Waals surface area contributed by atoms with E-state index in [4.69, 9.17) is 11.1 Å². The average Bonchev–Trinajstić information content (AvgIpc) is 2.40. The van der Waals surface area contributed by atoms with Crippen LogP contribution < -0.4 is 5.73 Å². The van der Waals surface area contributed by atoms with E-state index in [9.17, 15) is 8.42 Å². The first-order valence-corrected chi connectivity index (χ1v) is 5.25. The third-order valence-corrected chi connectivity index (χ3v) is 3.22. The summed E-state index contributed by atoms with van der Waals surface area (Å²) >= 11 is 0. The van der Waals surface area contributed by atoms with Gasteiger partial charge in [0.15, 0.2) is 0 Å². The maximum atomic E-state index is 11.4. The zero-order valence-corrected chi connectivity index (χ0v) is 7.88. The molecule has 0 radical (unpaired) electrons. The molecule has 0 spiro atoms. The van der Waals surface area contributed by atoms with Crippen LogP contribution in [0.1, 0.15) is 5.56 Å². The van der Waals surface area contributed by atoms with E-state index < -0.39 is 10.0 Å². The molecule has 1 aliphatic heterocycles. The molecular weight excluding hydrogens is 202 g/mol. The summed E-state index contributed by atoms with van der Waals surface area (Å²) in [4.78, 5) is 0.116. The van der Waals surface area contributed by atoms with Gasteiger partial charge < -0.3 is 5.73 Å². The number of hydrogen-bond donors (Lipinski definition) is 2. The predicted molar refractivity (Wildman–Crippen MR) is 52.1 cm³/mol. The predicted octanol–water partition coefficient (Wildman–Crippen LogP) is 0.114. The minimum atomic E-state index is -3.63. The topological polar surface area (TPSA) is 96.4 Å². The molecule has 0 aliphatic carbocycles. The third kappa shape index (κ3) is 1.12. The van der Waals surface area contributed by atoms with Crippen molar-refractivity contribution in [3.05, 3.63) is 29.8 Å². The first kappa shape index (κ1) is 8.89. The Morgan fingerprint density at radius 1 is 1.36 bits per heavy atom. The van der Waals surface area contributed by atoms with Crippen molar-refractivity contribution in [2.75, 3.05) is 0 Å². The van der Waals surface area contributed by atoms with Crippen molar-refractivity contribution in [1.29, 1.82) is 5.41 Å². The first-order valence-electron chi connectivity index (χ1n) is 3.81. The van der Waals surface area contributed by atoms with E-state index in [1.54, 1.807) is 18.2 Å². The molecule has 3 N–H and O–H groups in total. The smallest absolute Gasteiger partial charge is 0.283 e. The Morgan fingerprint density at radius 3 is 2.64 bits per heavy atom. The lowest BCUT2D eigenvalue weighted by molar-refractivity contribution is 0.599. The molecule has 0 aromatic heterocycles. The SMILES string of the molecule is N=C(N)C1=NS(=O)(=O)c2ccccc21. The van der Waals surface area contributed by atoms with Crippen molar-refractivity contribution >= 4 is 21.6 Å². The second-order valence-electron chi connectivity index (χ2n) is 2.82. The lowest BCUT2D eigenvalue weighted by Gasteiger charge is -1.97. The van der Waals surface area contributed by atoms with Crippen molar-refractivity contribution in [3.63, 3.8) is 0 Å². The molecule has 0 saturated heterocycles. The molecule has 5 nitrogen and oxygen atoms in total. The Balaban J connectivity index is 2.79. The van der Waals surface area contributed by atoms with E-state index in [1.165, 1.54) is 6.07 Å². The van der Waals surface area contributed by atoms with E-state index in [1.807, 2.05) is 0 Å². The molecule has 72 valence electrons. The molecule has 0 fully saturated rings. The summed E-state index contributed by atoms with van der Waals surface area (Å²) in [7, 11) is -3.63. The van der Waals surface area contributed by atoms with E-state index in [0.717, 1.165) is 0 Å². The fraction of sp³-hybridized carbons (Fsp3) is 0. The second-order valence-corrected chi connectivity index (χ2v) is 4.40. The van der Waals surface area contributed by atoms with Gasteiger partial charge in [-0.3, -0.25) is 5.41 Å². The number of nitrogens with two attached hydrogens (primary N) is 1. The minimum Gasteiger partial charge on any atom is -0.382 e. The van der Waals surface area contributed by atoms with Gasteiger partial charge in [-0.05, 0) is 6.07 Å². The number of benzene rings is 1. The number of fused-ring (bicyclic) bond motifs is 1. The zero-order valence-electron chi connectivity index (χ0n) is 7.06. The van der Waals surface area contributed by atoms with Gasteiger partial charge >= 0.3 is 0 Å². The van der Waals surface area contributed by atoms with Gasteiger partial charge in [0.2, 0.25) is 0 Å². The molecule has 6 heteroatoms. The summed E-state index contributed by atoms with van der Waals surface area (Å²) in [5.41, 5.74) is 5.65. The quantitative estimate of drug-likeness (QED) is 0.507. The van der Waals surface area contributed by atoms with Gasteiger partial charge in [0.25, 0.3) is 10.0 Å². The molecular formula is C8H7N3O2S. The summed E-state index contributed by atoms with van der Waals surface area (Å²) in [6.45, 7) is 0. The highest BCUT2D eigenvalue weighted by Crippen LogP contribution is 2.25. The summed E-state index contributed by atoms with van der Waals surface area (Å²) in [5.74, 6) is -0.335. The minimum absolute atomic E-state index is 0.0283. The third-order valence-electron chi connectivity index (χ3n) is 1.89. The number of nitrogens with one attached hydrogen (secondary N) is 1. The molecule has 1 heterocycles. The van der Waals surface area contributed by atoms with Crippen LogP contribution in [-0.4, -0.2) is 20.0 Å². The molecule has 0 atom stereocenters. The van der Waals surface area contributed by atoms with Crippen LogP contribution in [0.3, 0.4) is 0 Å². The second kappa shape index (κ2) is 2.65. The highest BCUT2D eigenvalue weighted by Gasteiger charge is 2.29. The Kier molecular flexibility index (Phi) is 1.68. The van der Waals surface area contributed by atoms with Gasteiger partial charge in [0.1, 0.15) is 11.5 Å². The van der Waals surface area contributed by atoms with Crippen LogP contribution >= 0.6 is 0 Å². The number of nitrogens with zero attached hydrogens (tertiary/aromatic N) is 1. The van der Waals surface area contributed by atoms with Crippen LogP contribution in [0.25, 0.3) is 0 Å². The molecule has 0 amide bonds. The van der Waals surface area contributed by atoms with Gasteiger partial charge in [-0.15, -0.1) is 0 Å². The number of hydrogen-bond acceptors (Lipinski definition) is 3.